The Hall–Kier alpha value is -5.06. The zero-order valence-corrected chi connectivity index (χ0v) is 20.7. The molecule has 2 unspecified atom stereocenters. The number of fused-ring (bicyclic) bond motifs is 2. The molecule has 4 aromatic heterocycles. The molecule has 1 aromatic carbocycles. The van der Waals surface area contributed by atoms with Crippen LogP contribution in [0.5, 0.6) is 5.88 Å². The van der Waals surface area contributed by atoms with E-state index in [-0.39, 0.29) is 24.2 Å². The zero-order chi connectivity index (χ0) is 27.9. The molecule has 202 valence electrons. The summed E-state index contributed by atoms with van der Waals surface area (Å²) in [5.74, 6) is -2.96. The largest absolute Gasteiger partial charge is 0.491 e. The van der Waals surface area contributed by atoms with Crippen molar-refractivity contribution in [1.29, 1.82) is 5.26 Å². The molecule has 0 radical (unpaired) electrons. The smallest absolute Gasteiger partial charge is 0.397 e. The van der Waals surface area contributed by atoms with Gasteiger partial charge in [-0.2, -0.15) is 23.5 Å². The summed E-state index contributed by atoms with van der Waals surface area (Å²) in [5, 5.41) is 15.0. The van der Waals surface area contributed by atoms with Gasteiger partial charge in [0.25, 0.3) is 5.88 Å². The maximum atomic E-state index is 13.0. The van der Waals surface area contributed by atoms with E-state index in [1.54, 1.807) is 46.2 Å². The predicted molar refractivity (Wildman–Crippen MR) is 136 cm³/mol. The lowest BCUT2D eigenvalue weighted by Crippen LogP contribution is -2.30. The first-order chi connectivity index (χ1) is 19.3. The average molecular weight is 548 g/mol. The number of nitrogens with one attached hydrogen (secondary N) is 1. The summed E-state index contributed by atoms with van der Waals surface area (Å²) in [7, 11) is 0. The molecule has 1 aliphatic rings. The summed E-state index contributed by atoms with van der Waals surface area (Å²) in [5.41, 5.74) is 2.88. The van der Waals surface area contributed by atoms with Gasteiger partial charge in [-0.25, -0.2) is 24.7 Å². The van der Waals surface area contributed by atoms with Crippen molar-refractivity contribution in [2.75, 3.05) is 18.0 Å². The van der Waals surface area contributed by atoms with E-state index < -0.39 is 18.0 Å². The third-order valence-corrected chi connectivity index (χ3v) is 6.88. The van der Waals surface area contributed by atoms with Gasteiger partial charge in [-0.1, -0.05) is 12.1 Å². The number of para-hydroxylation sites is 2. The highest BCUT2D eigenvalue weighted by molar-refractivity contribution is 5.90. The van der Waals surface area contributed by atoms with E-state index >= 15 is 0 Å². The number of benzene rings is 1. The third-order valence-electron chi connectivity index (χ3n) is 6.88. The van der Waals surface area contributed by atoms with E-state index in [1.807, 2.05) is 12.3 Å². The molecule has 1 saturated heterocycles. The number of nitriles is 1. The van der Waals surface area contributed by atoms with Crippen LogP contribution in [0.1, 0.15) is 18.9 Å². The fourth-order valence-electron chi connectivity index (χ4n) is 5.00. The maximum Gasteiger partial charge on any atom is 0.491 e. The molecule has 0 bridgehead atoms. The number of H-pyrrole nitrogens is 1. The van der Waals surface area contributed by atoms with Gasteiger partial charge in [0.1, 0.15) is 12.0 Å². The molecule has 0 spiro atoms. The predicted octanol–water partition coefficient (Wildman–Crippen LogP) is 4.21. The molecule has 40 heavy (non-hydrogen) atoms. The second-order valence-corrected chi connectivity index (χ2v) is 9.32. The number of hydrogen-bond donors (Lipinski definition) is 1. The Bertz CT molecular complexity index is 1760. The minimum absolute atomic E-state index is 0.0338. The highest BCUT2D eigenvalue weighted by Crippen LogP contribution is 2.37. The van der Waals surface area contributed by atoms with E-state index in [4.69, 9.17) is 0 Å². The van der Waals surface area contributed by atoms with Crippen molar-refractivity contribution in [1.82, 2.24) is 34.7 Å². The average Bonchev–Trinajstić information content (AvgIpc) is 3.72. The molecular weight excluding hydrogens is 527 g/mol. The van der Waals surface area contributed by atoms with Crippen LogP contribution in [-0.2, 0) is 4.79 Å². The van der Waals surface area contributed by atoms with Gasteiger partial charge >= 0.3 is 12.1 Å². The van der Waals surface area contributed by atoms with Gasteiger partial charge in [-0.05, 0) is 24.6 Å². The van der Waals surface area contributed by atoms with Gasteiger partial charge in [-0.3, -0.25) is 4.68 Å². The number of hydrogen-bond acceptors (Lipinski definition) is 9. The number of carbonyl (C=O) groups is 1. The summed E-state index contributed by atoms with van der Waals surface area (Å²) >= 11 is 0. The number of anilines is 1. The van der Waals surface area contributed by atoms with Crippen molar-refractivity contribution in [2.45, 2.75) is 25.1 Å². The van der Waals surface area contributed by atoms with Crippen LogP contribution in [0.3, 0.4) is 0 Å². The molecule has 5 heterocycles. The highest BCUT2D eigenvalue weighted by atomic mass is 19.4. The number of alkyl halides is 3. The van der Waals surface area contributed by atoms with Crippen molar-refractivity contribution in [3.05, 3.63) is 55.2 Å². The SMILES string of the molecule is N#CCC(C1CCN(c2nc3ccccc3nc2OC(=O)C(F)(F)F)C1)n1cc(-c2ncnc3[nH]ccc23)cn1. The summed E-state index contributed by atoms with van der Waals surface area (Å²) < 4.78 is 45.4. The van der Waals surface area contributed by atoms with Crippen molar-refractivity contribution in [2.24, 2.45) is 5.92 Å². The van der Waals surface area contributed by atoms with E-state index in [1.165, 1.54) is 6.33 Å². The molecule has 1 aliphatic heterocycles. The fraction of sp³-hybridized carbons (Fsp3) is 0.269. The van der Waals surface area contributed by atoms with Crippen molar-refractivity contribution in [3.8, 4) is 23.2 Å². The summed E-state index contributed by atoms with van der Waals surface area (Å²) in [6, 6.07) is 10.4. The first kappa shape index (κ1) is 25.2. The molecule has 14 heteroatoms. The second kappa shape index (κ2) is 9.92. The Labute approximate surface area is 224 Å². The highest BCUT2D eigenvalue weighted by Gasteiger charge is 2.43. The van der Waals surface area contributed by atoms with Crippen LogP contribution >= 0.6 is 0 Å². The quantitative estimate of drug-likeness (QED) is 0.310. The topological polar surface area (TPSA) is 138 Å². The first-order valence-electron chi connectivity index (χ1n) is 12.3. The minimum atomic E-state index is -5.19. The Morgan fingerprint density at radius 2 is 2.00 bits per heavy atom. The van der Waals surface area contributed by atoms with Crippen molar-refractivity contribution in [3.63, 3.8) is 0 Å². The number of carbonyl (C=O) groups excluding carboxylic acids is 1. The normalized spacial score (nSPS) is 16.4. The molecule has 1 N–H and O–H groups in total. The molecule has 6 rings (SSSR count). The number of aromatic amines is 1. The molecular formula is C26H20F3N9O2. The molecule has 0 amide bonds. The Morgan fingerprint density at radius 1 is 1.20 bits per heavy atom. The van der Waals surface area contributed by atoms with Crippen LogP contribution < -0.4 is 9.64 Å². The Balaban J connectivity index is 1.29. The minimum Gasteiger partial charge on any atom is -0.397 e. The zero-order valence-electron chi connectivity index (χ0n) is 20.7. The van der Waals surface area contributed by atoms with Gasteiger partial charge in [0, 0.05) is 42.4 Å². The number of rotatable bonds is 6. The molecule has 0 saturated carbocycles. The van der Waals surface area contributed by atoms with Crippen LogP contribution in [-0.4, -0.2) is 59.9 Å². The molecule has 2 atom stereocenters. The Morgan fingerprint density at radius 3 is 2.77 bits per heavy atom. The second-order valence-electron chi connectivity index (χ2n) is 9.32. The lowest BCUT2D eigenvalue weighted by atomic mass is 9.96. The van der Waals surface area contributed by atoms with E-state index in [0.29, 0.717) is 41.9 Å². The Kier molecular flexibility index (Phi) is 6.25. The van der Waals surface area contributed by atoms with Gasteiger partial charge in [0.2, 0.25) is 0 Å². The molecule has 5 aromatic rings. The number of halogens is 3. The number of esters is 1. The fourth-order valence-corrected chi connectivity index (χ4v) is 5.00. The summed E-state index contributed by atoms with van der Waals surface area (Å²) in [6.07, 6.45) is 2.29. The summed E-state index contributed by atoms with van der Waals surface area (Å²) in [4.78, 5) is 33.7. The van der Waals surface area contributed by atoms with Crippen LogP contribution in [0, 0.1) is 17.2 Å². The van der Waals surface area contributed by atoms with Crippen molar-refractivity contribution < 1.29 is 22.7 Å². The van der Waals surface area contributed by atoms with Crippen LogP contribution in [0.4, 0.5) is 19.0 Å². The third kappa shape index (κ3) is 4.66. The van der Waals surface area contributed by atoms with Gasteiger partial charge in [0.15, 0.2) is 5.82 Å². The number of aromatic nitrogens is 7. The lowest BCUT2D eigenvalue weighted by molar-refractivity contribution is -0.189. The maximum absolute atomic E-state index is 13.0. The standard InChI is InChI=1S/C26H20F3N9O2/c27-26(28,29)25(39)40-24-23(35-18-3-1-2-4-19(18)36-24)37-10-7-15(12-37)20(5-8-30)38-13-16(11-34-38)21-17-6-9-31-22(17)33-14-32-21/h1-4,6,9,11,13-15,20H,5,7,10,12H2,(H,31,32,33). The summed E-state index contributed by atoms with van der Waals surface area (Å²) in [6.45, 7) is 0.737. The van der Waals surface area contributed by atoms with Gasteiger partial charge in [-0.15, -0.1) is 0 Å². The molecule has 1 fully saturated rings. The van der Waals surface area contributed by atoms with E-state index in [9.17, 15) is 23.2 Å². The van der Waals surface area contributed by atoms with Gasteiger partial charge < -0.3 is 14.6 Å². The van der Waals surface area contributed by atoms with Crippen LogP contribution in [0.2, 0.25) is 0 Å². The van der Waals surface area contributed by atoms with E-state index in [2.05, 4.69) is 40.8 Å². The van der Waals surface area contributed by atoms with E-state index in [0.717, 1.165) is 10.9 Å². The number of nitrogens with zero attached hydrogens (tertiary/aromatic N) is 8. The first-order valence-corrected chi connectivity index (χ1v) is 12.3. The van der Waals surface area contributed by atoms with Crippen LogP contribution in [0.15, 0.2) is 55.2 Å². The van der Waals surface area contributed by atoms with Crippen molar-refractivity contribution >= 4 is 33.9 Å². The van der Waals surface area contributed by atoms with Crippen LogP contribution in [0.25, 0.3) is 33.3 Å². The molecule has 11 nitrogen and oxygen atoms in total. The lowest BCUT2D eigenvalue weighted by Gasteiger charge is -2.24. The molecule has 0 aliphatic carbocycles. The van der Waals surface area contributed by atoms with Gasteiger partial charge in [0.05, 0.1) is 41.5 Å². The monoisotopic (exact) mass is 547 g/mol. The number of ether oxygens (including phenoxy) is 1.